The van der Waals surface area contributed by atoms with E-state index in [1.807, 2.05) is 17.0 Å². The number of aromatic nitrogens is 2. The number of amides is 1. The maximum absolute atomic E-state index is 12.0. The highest BCUT2D eigenvalue weighted by Crippen LogP contribution is 2.23. The molecule has 2 aromatic heterocycles. The highest BCUT2D eigenvalue weighted by Gasteiger charge is 2.17. The molecule has 0 saturated carbocycles. The molecule has 3 rings (SSSR count). The molecule has 100 valence electrons. The quantitative estimate of drug-likeness (QED) is 0.836. The highest BCUT2D eigenvalue weighted by molar-refractivity contribution is 5.83. The van der Waals surface area contributed by atoms with Crippen molar-refractivity contribution in [2.75, 3.05) is 32.8 Å². The summed E-state index contributed by atoms with van der Waals surface area (Å²) < 4.78 is 5.59. The number of carbonyl (C=O) groups is 1. The minimum atomic E-state index is 0.0275. The summed E-state index contributed by atoms with van der Waals surface area (Å²) in [5.41, 5.74) is 0.770. The van der Waals surface area contributed by atoms with Crippen molar-refractivity contribution in [1.82, 2.24) is 20.2 Å². The molecule has 2 aromatic rings. The largest absolute Gasteiger partial charge is 0.481 e. The number of nitrogens with zero attached hydrogens (tertiary/aromatic N) is 2. The lowest BCUT2D eigenvalue weighted by molar-refractivity contribution is -0.133. The summed E-state index contributed by atoms with van der Waals surface area (Å²) in [6.07, 6.45) is 3.46. The van der Waals surface area contributed by atoms with E-state index >= 15 is 0 Å². The Hall–Kier alpha value is -2.08. The van der Waals surface area contributed by atoms with Gasteiger partial charge in [0.25, 0.3) is 5.91 Å². The Kier molecular flexibility index (Phi) is 3.33. The van der Waals surface area contributed by atoms with Crippen LogP contribution < -0.4 is 10.1 Å². The third kappa shape index (κ3) is 2.53. The van der Waals surface area contributed by atoms with Crippen molar-refractivity contribution in [3.05, 3.63) is 24.5 Å². The van der Waals surface area contributed by atoms with Gasteiger partial charge in [0.15, 0.2) is 6.61 Å². The fourth-order valence-electron chi connectivity index (χ4n) is 2.20. The van der Waals surface area contributed by atoms with Crippen molar-refractivity contribution >= 4 is 16.9 Å². The van der Waals surface area contributed by atoms with Crippen LogP contribution >= 0.6 is 0 Å². The van der Waals surface area contributed by atoms with Crippen molar-refractivity contribution in [2.24, 2.45) is 0 Å². The molecule has 1 amide bonds. The van der Waals surface area contributed by atoms with Crippen LogP contribution in [0.5, 0.6) is 5.75 Å². The van der Waals surface area contributed by atoms with Crippen LogP contribution in [-0.2, 0) is 4.79 Å². The van der Waals surface area contributed by atoms with Crippen LogP contribution in [0.1, 0.15) is 0 Å². The molecule has 0 atom stereocenters. The number of piperazine rings is 1. The van der Waals surface area contributed by atoms with E-state index in [2.05, 4.69) is 15.3 Å². The topological polar surface area (TPSA) is 70.2 Å². The Labute approximate surface area is 110 Å². The normalized spacial score (nSPS) is 15.7. The first-order valence-corrected chi connectivity index (χ1v) is 6.38. The fraction of sp³-hybridized carbons (Fsp3) is 0.385. The Morgan fingerprint density at radius 3 is 3.11 bits per heavy atom. The van der Waals surface area contributed by atoms with Gasteiger partial charge in [-0.2, -0.15) is 0 Å². The van der Waals surface area contributed by atoms with Gasteiger partial charge in [-0.1, -0.05) is 0 Å². The number of pyridine rings is 1. The Morgan fingerprint density at radius 1 is 1.42 bits per heavy atom. The monoisotopic (exact) mass is 260 g/mol. The highest BCUT2D eigenvalue weighted by atomic mass is 16.5. The number of aromatic amines is 1. The van der Waals surface area contributed by atoms with Gasteiger partial charge >= 0.3 is 0 Å². The SMILES string of the molecule is O=C(COc1c[nH]c2ncccc12)N1CCNCC1. The van der Waals surface area contributed by atoms with E-state index in [1.54, 1.807) is 12.4 Å². The van der Waals surface area contributed by atoms with Crippen molar-refractivity contribution in [3.63, 3.8) is 0 Å². The third-order valence-electron chi connectivity index (χ3n) is 3.23. The summed E-state index contributed by atoms with van der Waals surface area (Å²) in [5, 5.41) is 4.11. The van der Waals surface area contributed by atoms with Gasteiger partial charge in [-0.25, -0.2) is 4.98 Å². The van der Waals surface area contributed by atoms with Crippen molar-refractivity contribution in [2.45, 2.75) is 0 Å². The summed E-state index contributed by atoms with van der Waals surface area (Å²) >= 11 is 0. The molecule has 0 spiro atoms. The van der Waals surface area contributed by atoms with Gasteiger partial charge in [0, 0.05) is 38.6 Å². The first-order valence-electron chi connectivity index (χ1n) is 6.38. The lowest BCUT2D eigenvalue weighted by Crippen LogP contribution is -2.47. The van der Waals surface area contributed by atoms with E-state index in [1.165, 1.54) is 0 Å². The van der Waals surface area contributed by atoms with E-state index in [4.69, 9.17) is 4.74 Å². The van der Waals surface area contributed by atoms with Gasteiger partial charge in [-0.15, -0.1) is 0 Å². The predicted octanol–water partition coefficient (Wildman–Crippen LogP) is 0.373. The van der Waals surface area contributed by atoms with E-state index < -0.39 is 0 Å². The van der Waals surface area contributed by atoms with Crippen molar-refractivity contribution in [3.8, 4) is 5.75 Å². The first kappa shape index (κ1) is 12.0. The zero-order valence-electron chi connectivity index (χ0n) is 10.6. The zero-order valence-corrected chi connectivity index (χ0v) is 10.6. The maximum Gasteiger partial charge on any atom is 0.260 e. The molecule has 3 heterocycles. The predicted molar refractivity (Wildman–Crippen MR) is 71.0 cm³/mol. The van der Waals surface area contributed by atoms with Crippen LogP contribution in [0.3, 0.4) is 0 Å². The van der Waals surface area contributed by atoms with Gasteiger partial charge in [-0.05, 0) is 12.1 Å². The second-order valence-electron chi connectivity index (χ2n) is 4.47. The van der Waals surface area contributed by atoms with Crippen LogP contribution in [0.15, 0.2) is 24.5 Å². The summed E-state index contributed by atoms with van der Waals surface area (Å²) in [6, 6.07) is 3.77. The van der Waals surface area contributed by atoms with E-state index in [9.17, 15) is 4.79 Å². The van der Waals surface area contributed by atoms with Gasteiger partial charge in [0.05, 0.1) is 5.39 Å². The number of hydrogen-bond acceptors (Lipinski definition) is 4. The fourth-order valence-corrected chi connectivity index (χ4v) is 2.20. The van der Waals surface area contributed by atoms with Crippen LogP contribution in [0, 0.1) is 0 Å². The number of hydrogen-bond donors (Lipinski definition) is 2. The lowest BCUT2D eigenvalue weighted by Gasteiger charge is -2.27. The Balaban J connectivity index is 1.64. The summed E-state index contributed by atoms with van der Waals surface area (Å²) in [7, 11) is 0. The standard InChI is InChI=1S/C13H16N4O2/c18-12(17-6-4-14-5-7-17)9-19-11-8-16-13-10(11)2-1-3-15-13/h1-3,8,14H,4-7,9H2,(H,15,16). The van der Waals surface area contributed by atoms with Crippen molar-refractivity contribution in [1.29, 1.82) is 0 Å². The second kappa shape index (κ2) is 5.27. The molecular formula is C13H16N4O2. The minimum absolute atomic E-state index is 0.0275. The number of nitrogens with one attached hydrogen (secondary N) is 2. The number of ether oxygens (including phenoxy) is 1. The molecule has 1 fully saturated rings. The molecule has 0 aliphatic carbocycles. The van der Waals surface area contributed by atoms with Crippen LogP contribution in [0.4, 0.5) is 0 Å². The number of rotatable bonds is 3. The molecule has 6 nitrogen and oxygen atoms in total. The van der Waals surface area contributed by atoms with Gasteiger partial charge in [0.2, 0.25) is 0 Å². The molecule has 2 N–H and O–H groups in total. The molecule has 0 radical (unpaired) electrons. The molecule has 0 aromatic carbocycles. The molecule has 1 aliphatic heterocycles. The van der Waals surface area contributed by atoms with Gasteiger partial charge in [-0.3, -0.25) is 4.79 Å². The van der Waals surface area contributed by atoms with Gasteiger partial charge < -0.3 is 19.9 Å². The molecule has 0 unspecified atom stereocenters. The third-order valence-corrected chi connectivity index (χ3v) is 3.23. The van der Waals surface area contributed by atoms with Crippen molar-refractivity contribution < 1.29 is 9.53 Å². The summed E-state index contributed by atoms with van der Waals surface area (Å²) in [6.45, 7) is 3.27. The molecule has 1 aliphatic rings. The van der Waals surface area contributed by atoms with E-state index in [0.29, 0.717) is 5.75 Å². The van der Waals surface area contributed by atoms with Gasteiger partial charge in [0.1, 0.15) is 11.4 Å². The average molecular weight is 260 g/mol. The summed E-state index contributed by atoms with van der Waals surface area (Å²) in [5.74, 6) is 0.700. The molecule has 6 heteroatoms. The Bertz CT molecular complexity index is 575. The van der Waals surface area contributed by atoms with Crippen LogP contribution in [-0.4, -0.2) is 53.6 Å². The van der Waals surface area contributed by atoms with E-state index in [-0.39, 0.29) is 12.5 Å². The number of fused-ring (bicyclic) bond motifs is 1. The minimum Gasteiger partial charge on any atom is -0.481 e. The van der Waals surface area contributed by atoms with Crippen LogP contribution in [0.25, 0.3) is 11.0 Å². The number of carbonyl (C=O) groups excluding carboxylic acids is 1. The number of H-pyrrole nitrogens is 1. The molecule has 0 bridgehead atoms. The summed E-state index contributed by atoms with van der Waals surface area (Å²) in [4.78, 5) is 21.0. The Morgan fingerprint density at radius 2 is 2.26 bits per heavy atom. The second-order valence-corrected chi connectivity index (χ2v) is 4.47. The molecule has 1 saturated heterocycles. The van der Waals surface area contributed by atoms with E-state index in [0.717, 1.165) is 37.2 Å². The maximum atomic E-state index is 12.0. The first-order chi connectivity index (χ1) is 9.34. The molecule has 19 heavy (non-hydrogen) atoms. The smallest absolute Gasteiger partial charge is 0.260 e. The zero-order chi connectivity index (χ0) is 13.1. The van der Waals surface area contributed by atoms with Crippen LogP contribution in [0.2, 0.25) is 0 Å². The molecular weight excluding hydrogens is 244 g/mol. The average Bonchev–Trinajstić information content (AvgIpc) is 2.89. The lowest BCUT2D eigenvalue weighted by atomic mass is 10.3.